The van der Waals surface area contributed by atoms with E-state index in [0.29, 0.717) is 6.42 Å². The maximum Gasteiger partial charge on any atom is 0.220 e. The van der Waals surface area contributed by atoms with Crippen LogP contribution >= 0.6 is 0 Å². The quantitative estimate of drug-likeness (QED) is 0.0204. The number of unbranched alkanes of at least 4 members (excludes halogenated alkanes) is 34. The van der Waals surface area contributed by atoms with Crippen LogP contribution in [-0.4, -0.2) is 140 Å². The first-order chi connectivity index (χ1) is 43.6. The van der Waals surface area contributed by atoms with Crippen LogP contribution in [0.25, 0.3) is 0 Å². The van der Waals surface area contributed by atoms with Crippen LogP contribution in [0.2, 0.25) is 0 Å². The molecule has 14 nitrogen and oxygen atoms in total. The van der Waals surface area contributed by atoms with Crippen molar-refractivity contribution in [2.75, 3.05) is 19.8 Å². The predicted octanol–water partition coefficient (Wildman–Crippen LogP) is 15.2. The molecule has 12 atom stereocenters. The molecule has 0 radical (unpaired) electrons. The highest BCUT2D eigenvalue weighted by Gasteiger charge is 2.51. The van der Waals surface area contributed by atoms with E-state index in [9.17, 15) is 45.6 Å². The molecule has 0 aliphatic carbocycles. The number of carbonyl (C=O) groups is 1. The van der Waals surface area contributed by atoms with E-state index in [4.69, 9.17) is 18.9 Å². The van der Waals surface area contributed by atoms with Gasteiger partial charge in [-0.25, -0.2) is 0 Å². The number of amides is 1. The van der Waals surface area contributed by atoms with Crippen molar-refractivity contribution in [1.82, 2.24) is 5.32 Å². The fourth-order valence-corrected chi connectivity index (χ4v) is 11.6. The molecule has 0 aromatic carbocycles. The average molecular weight is 1260 g/mol. The first-order valence-electron chi connectivity index (χ1n) is 36.3. The Labute approximate surface area is 541 Å². The van der Waals surface area contributed by atoms with Crippen LogP contribution in [-0.2, 0) is 23.7 Å². The molecule has 0 spiro atoms. The third-order valence-corrected chi connectivity index (χ3v) is 17.3. The molecule has 2 heterocycles. The van der Waals surface area contributed by atoms with E-state index in [1.807, 2.05) is 6.08 Å². The second-order valence-corrected chi connectivity index (χ2v) is 25.3. The molecule has 0 aromatic rings. The molecular weight excluding hydrogens is 1120 g/mol. The lowest BCUT2D eigenvalue weighted by Gasteiger charge is -2.46. The van der Waals surface area contributed by atoms with Crippen molar-refractivity contribution in [3.8, 4) is 0 Å². The molecule has 2 fully saturated rings. The molecule has 9 N–H and O–H groups in total. The minimum atomic E-state index is -1.80. The summed E-state index contributed by atoms with van der Waals surface area (Å²) in [6, 6.07) is -0.936. The summed E-state index contributed by atoms with van der Waals surface area (Å²) in [7, 11) is 0. The Morgan fingerprint density at radius 2 is 0.775 bits per heavy atom. The predicted molar refractivity (Wildman–Crippen MR) is 364 cm³/mol. The summed E-state index contributed by atoms with van der Waals surface area (Å²) in [6.07, 6.45) is 65.0. The summed E-state index contributed by atoms with van der Waals surface area (Å²) >= 11 is 0. The van der Waals surface area contributed by atoms with Gasteiger partial charge in [-0.3, -0.25) is 4.79 Å². The number of aliphatic hydroxyl groups is 8. The van der Waals surface area contributed by atoms with Gasteiger partial charge in [0.1, 0.15) is 48.8 Å². The number of aliphatic hydroxyl groups excluding tert-OH is 8. The number of rotatable bonds is 59. The number of ether oxygens (including phenoxy) is 4. The smallest absolute Gasteiger partial charge is 0.220 e. The van der Waals surface area contributed by atoms with Gasteiger partial charge in [-0.05, 0) is 70.6 Å². The van der Waals surface area contributed by atoms with Crippen LogP contribution in [0.1, 0.15) is 290 Å². The van der Waals surface area contributed by atoms with Crippen molar-refractivity contribution in [2.45, 2.75) is 364 Å². The Hall–Kier alpha value is -2.83. The molecule has 89 heavy (non-hydrogen) atoms. The Morgan fingerprint density at radius 1 is 0.416 bits per heavy atom. The van der Waals surface area contributed by atoms with Crippen molar-refractivity contribution in [3.05, 3.63) is 85.1 Å². The van der Waals surface area contributed by atoms with Crippen LogP contribution < -0.4 is 5.32 Å². The SMILES string of the molecule is CC/C=C\C/C=C\C/C=C\C/C=C\C/C=C\C/C=C\CCCCCCC(=O)NC(COC1OC(CO)C(OC2OC(CO)C(O)C(O)C2O)C(O)C1O)C(O)/C=C/CCCCCCCCCCCCCCCCCCCCCCCCCCCCCCCC. The molecule has 0 saturated carbocycles. The van der Waals surface area contributed by atoms with E-state index < -0.39 is 86.8 Å². The summed E-state index contributed by atoms with van der Waals surface area (Å²) in [4.78, 5) is 13.3. The lowest BCUT2D eigenvalue weighted by atomic mass is 9.97. The number of hydrogen-bond donors (Lipinski definition) is 9. The maximum atomic E-state index is 13.3. The van der Waals surface area contributed by atoms with Crippen LogP contribution in [0.4, 0.5) is 0 Å². The number of carbonyl (C=O) groups excluding carboxylic acids is 1. The van der Waals surface area contributed by atoms with E-state index in [-0.39, 0.29) is 18.9 Å². The van der Waals surface area contributed by atoms with Crippen molar-refractivity contribution in [2.24, 2.45) is 0 Å². The number of hydrogen-bond acceptors (Lipinski definition) is 13. The van der Waals surface area contributed by atoms with Crippen molar-refractivity contribution in [3.63, 3.8) is 0 Å². The molecule has 2 saturated heterocycles. The van der Waals surface area contributed by atoms with E-state index in [2.05, 4.69) is 92.1 Å². The number of nitrogens with one attached hydrogen (secondary N) is 1. The minimum absolute atomic E-state index is 0.247. The Balaban J connectivity index is 1.68. The maximum absolute atomic E-state index is 13.3. The van der Waals surface area contributed by atoms with Gasteiger partial charge < -0.3 is 65.1 Å². The van der Waals surface area contributed by atoms with Crippen LogP contribution in [0.3, 0.4) is 0 Å². The third kappa shape index (κ3) is 42.9. The zero-order chi connectivity index (χ0) is 64.5. The zero-order valence-electron chi connectivity index (χ0n) is 56.2. The molecule has 1 amide bonds. The highest BCUT2D eigenvalue weighted by molar-refractivity contribution is 5.76. The topological polar surface area (TPSA) is 228 Å². The van der Waals surface area contributed by atoms with Gasteiger partial charge in [0.25, 0.3) is 0 Å². The fraction of sp³-hybridized carbons (Fsp3) is 0.800. The van der Waals surface area contributed by atoms with Crippen LogP contribution in [0, 0.1) is 0 Å². The summed E-state index contributed by atoms with van der Waals surface area (Å²) in [5.74, 6) is -0.263. The molecule has 2 aliphatic heterocycles. The van der Waals surface area contributed by atoms with Gasteiger partial charge in [0.05, 0.1) is 32.0 Å². The first kappa shape index (κ1) is 82.3. The largest absolute Gasteiger partial charge is 0.394 e. The Kier molecular flexibility index (Phi) is 54.5. The Bertz CT molecular complexity index is 1820. The number of allylic oxidation sites excluding steroid dienone is 13. The van der Waals surface area contributed by atoms with E-state index in [1.54, 1.807) is 6.08 Å². The molecule has 14 heteroatoms. The summed E-state index contributed by atoms with van der Waals surface area (Å²) in [5, 5.41) is 87.5. The molecule has 2 rings (SSSR count). The highest BCUT2D eigenvalue weighted by Crippen LogP contribution is 2.30. The highest BCUT2D eigenvalue weighted by atomic mass is 16.7. The molecular formula is C75H133NO13. The second-order valence-electron chi connectivity index (χ2n) is 25.3. The summed E-state index contributed by atoms with van der Waals surface area (Å²) in [5.41, 5.74) is 0. The molecule has 0 bridgehead atoms. The molecule has 0 aromatic heterocycles. The molecule has 516 valence electrons. The average Bonchev–Trinajstić information content (AvgIpc) is 3.63. The third-order valence-electron chi connectivity index (χ3n) is 17.3. The van der Waals surface area contributed by atoms with Gasteiger partial charge in [-0.15, -0.1) is 0 Å². The summed E-state index contributed by atoms with van der Waals surface area (Å²) < 4.78 is 22.9. The van der Waals surface area contributed by atoms with Crippen LogP contribution in [0.15, 0.2) is 85.1 Å². The molecule has 2 aliphatic rings. The monoisotopic (exact) mass is 1260 g/mol. The van der Waals surface area contributed by atoms with Crippen molar-refractivity contribution >= 4 is 5.91 Å². The molecule has 12 unspecified atom stereocenters. The van der Waals surface area contributed by atoms with Gasteiger partial charge in [-0.2, -0.15) is 0 Å². The van der Waals surface area contributed by atoms with Crippen molar-refractivity contribution < 1.29 is 64.6 Å². The lowest BCUT2D eigenvalue weighted by Crippen LogP contribution is -2.65. The van der Waals surface area contributed by atoms with Gasteiger partial charge >= 0.3 is 0 Å². The van der Waals surface area contributed by atoms with E-state index >= 15 is 0 Å². The van der Waals surface area contributed by atoms with Gasteiger partial charge in [-0.1, -0.05) is 298 Å². The lowest BCUT2D eigenvalue weighted by molar-refractivity contribution is -0.359. The van der Waals surface area contributed by atoms with Crippen molar-refractivity contribution in [1.29, 1.82) is 0 Å². The minimum Gasteiger partial charge on any atom is -0.394 e. The fourth-order valence-electron chi connectivity index (χ4n) is 11.6. The van der Waals surface area contributed by atoms with Crippen LogP contribution in [0.5, 0.6) is 0 Å². The van der Waals surface area contributed by atoms with Gasteiger partial charge in [0.2, 0.25) is 5.91 Å². The normalized spacial score (nSPS) is 23.5. The second kappa shape index (κ2) is 59.0. The zero-order valence-corrected chi connectivity index (χ0v) is 56.2. The van der Waals surface area contributed by atoms with Gasteiger partial charge in [0, 0.05) is 6.42 Å². The van der Waals surface area contributed by atoms with E-state index in [1.165, 1.54) is 180 Å². The van der Waals surface area contributed by atoms with E-state index in [0.717, 1.165) is 83.5 Å². The van der Waals surface area contributed by atoms with Gasteiger partial charge in [0.15, 0.2) is 12.6 Å². The summed E-state index contributed by atoms with van der Waals surface area (Å²) in [6.45, 7) is 2.69. The Morgan fingerprint density at radius 3 is 1.19 bits per heavy atom. The first-order valence-corrected chi connectivity index (χ1v) is 36.3. The standard InChI is InChI=1S/C75H133NO13/c1-3-5-7-9-11-13-15-17-19-21-23-25-27-28-29-30-31-32-33-34-35-37-38-40-42-44-46-48-50-52-54-56-58-64(79)63(62-86-74-72(85)70(83)73(66(61-78)88-74)89-75-71(84)69(82)68(81)65(60-77)87-75)76-67(80)59-57-55-53-51-49-47-45-43-41-39-36-26-24-22-20-18-16-14-12-10-8-6-4-2/h6,8,12,14,18,20,24,26,39,41,45,47,56,58,63-66,68-75,77-79,81-85H,3-5,7,9-11,13,15-17,19,21-23,25,27-38,40,42-44,46,48-55,57,59-62H2,1-2H3,(H,76,80)/b8-6-,14-12-,20-18-,26-24-,41-39-,47-45-,58-56+.